The van der Waals surface area contributed by atoms with Crippen molar-refractivity contribution in [3.8, 4) is 0 Å². The van der Waals surface area contributed by atoms with E-state index in [0.717, 1.165) is 38.2 Å². The van der Waals surface area contributed by atoms with Crippen molar-refractivity contribution in [2.45, 2.75) is 33.6 Å². The molecule has 19 heavy (non-hydrogen) atoms. The molecule has 0 saturated carbocycles. The van der Waals surface area contributed by atoms with Crippen molar-refractivity contribution >= 4 is 5.91 Å². The summed E-state index contributed by atoms with van der Waals surface area (Å²) in [5.41, 5.74) is 2.04. The fraction of sp³-hybridized carbons (Fsp3) is 0.562. The molecule has 1 fully saturated rings. The zero-order chi connectivity index (χ0) is 14.1. The largest absolute Gasteiger partial charge is 0.336 e. The molecule has 0 spiro atoms. The molecule has 1 aromatic carbocycles. The minimum atomic E-state index is 0.164. The van der Waals surface area contributed by atoms with E-state index in [1.807, 2.05) is 23.1 Å². The summed E-state index contributed by atoms with van der Waals surface area (Å²) in [5.74, 6) is 0.164. The molecule has 1 aliphatic heterocycles. The van der Waals surface area contributed by atoms with E-state index < -0.39 is 0 Å². The lowest BCUT2D eigenvalue weighted by molar-refractivity contribution is 0.0735. The van der Waals surface area contributed by atoms with Gasteiger partial charge in [0.1, 0.15) is 0 Å². The molecule has 0 radical (unpaired) electrons. The van der Waals surface area contributed by atoms with E-state index >= 15 is 0 Å². The average Bonchev–Trinajstić information content (AvgIpc) is 2.48. The van der Waals surface area contributed by atoms with Gasteiger partial charge in [-0.25, -0.2) is 0 Å². The van der Waals surface area contributed by atoms with Gasteiger partial charge in [0.15, 0.2) is 0 Å². The molecule has 2 rings (SSSR count). The predicted molar refractivity (Wildman–Crippen MR) is 80.6 cm³/mol. The standard InChI is InChI=1S/C13H18N2O.C3H8/c1-2-11-4-3-5-12(10-11)13(16)15-8-6-14-7-9-15;1-3-2/h3-5,10,14H,2,6-9H2,1H3;3H2,1-2H3. The first kappa shape index (κ1) is 15.7. The molecule has 1 heterocycles. The van der Waals surface area contributed by atoms with Gasteiger partial charge in [0.2, 0.25) is 0 Å². The third-order valence-corrected chi connectivity index (χ3v) is 2.99. The lowest BCUT2D eigenvalue weighted by atomic mass is 10.1. The molecular weight excluding hydrogens is 236 g/mol. The van der Waals surface area contributed by atoms with Crippen molar-refractivity contribution in [2.24, 2.45) is 0 Å². The Bertz CT molecular complexity index is 384. The molecule has 1 amide bonds. The van der Waals surface area contributed by atoms with Gasteiger partial charge in [-0.2, -0.15) is 0 Å². The van der Waals surface area contributed by atoms with Crippen molar-refractivity contribution in [2.75, 3.05) is 26.2 Å². The number of hydrogen-bond donors (Lipinski definition) is 1. The van der Waals surface area contributed by atoms with E-state index in [2.05, 4.69) is 32.2 Å². The molecule has 0 aliphatic carbocycles. The van der Waals surface area contributed by atoms with Crippen LogP contribution < -0.4 is 5.32 Å². The Kier molecular flexibility index (Phi) is 7.19. The van der Waals surface area contributed by atoms with Gasteiger partial charge >= 0.3 is 0 Å². The Morgan fingerprint density at radius 3 is 2.42 bits per heavy atom. The highest BCUT2D eigenvalue weighted by Crippen LogP contribution is 2.09. The number of benzene rings is 1. The van der Waals surface area contributed by atoms with Crippen LogP contribution in [0, 0.1) is 0 Å². The third-order valence-electron chi connectivity index (χ3n) is 2.99. The zero-order valence-electron chi connectivity index (χ0n) is 12.4. The first-order valence-electron chi connectivity index (χ1n) is 7.31. The van der Waals surface area contributed by atoms with Gasteiger partial charge < -0.3 is 10.2 Å². The van der Waals surface area contributed by atoms with Crippen LogP contribution >= 0.6 is 0 Å². The lowest BCUT2D eigenvalue weighted by Gasteiger charge is -2.27. The second kappa shape index (κ2) is 8.70. The first-order valence-corrected chi connectivity index (χ1v) is 7.31. The first-order chi connectivity index (χ1) is 9.22. The van der Waals surface area contributed by atoms with Gasteiger partial charge in [-0.15, -0.1) is 0 Å². The number of rotatable bonds is 2. The molecule has 1 aromatic rings. The molecule has 3 nitrogen and oxygen atoms in total. The Hall–Kier alpha value is -1.35. The van der Waals surface area contributed by atoms with Gasteiger partial charge in [-0.3, -0.25) is 4.79 Å². The second-order valence-electron chi connectivity index (χ2n) is 4.80. The summed E-state index contributed by atoms with van der Waals surface area (Å²) in [6, 6.07) is 7.94. The van der Waals surface area contributed by atoms with Crippen LogP contribution in [0.15, 0.2) is 24.3 Å². The van der Waals surface area contributed by atoms with Gasteiger partial charge in [-0.1, -0.05) is 39.3 Å². The monoisotopic (exact) mass is 262 g/mol. The van der Waals surface area contributed by atoms with Gasteiger partial charge in [0, 0.05) is 31.7 Å². The fourth-order valence-corrected chi connectivity index (χ4v) is 1.97. The van der Waals surface area contributed by atoms with E-state index in [1.165, 1.54) is 12.0 Å². The maximum absolute atomic E-state index is 12.2. The van der Waals surface area contributed by atoms with Crippen LogP contribution in [0.1, 0.15) is 43.1 Å². The summed E-state index contributed by atoms with van der Waals surface area (Å²) in [6.45, 7) is 9.79. The number of piperazine rings is 1. The Labute approximate surface area is 117 Å². The number of aryl methyl sites for hydroxylation is 1. The molecule has 1 saturated heterocycles. The Balaban J connectivity index is 0.000000550. The number of nitrogens with zero attached hydrogens (tertiary/aromatic N) is 1. The lowest BCUT2D eigenvalue weighted by Crippen LogP contribution is -2.46. The highest BCUT2D eigenvalue weighted by molar-refractivity contribution is 5.94. The summed E-state index contributed by atoms with van der Waals surface area (Å²) >= 11 is 0. The zero-order valence-corrected chi connectivity index (χ0v) is 12.4. The van der Waals surface area contributed by atoms with Crippen LogP contribution in [0.25, 0.3) is 0 Å². The summed E-state index contributed by atoms with van der Waals surface area (Å²) in [7, 11) is 0. The number of amides is 1. The number of carbonyl (C=O) groups is 1. The molecule has 0 aromatic heterocycles. The average molecular weight is 262 g/mol. The van der Waals surface area contributed by atoms with Gasteiger partial charge in [-0.05, 0) is 24.1 Å². The fourth-order valence-electron chi connectivity index (χ4n) is 1.97. The molecule has 0 unspecified atom stereocenters. The minimum Gasteiger partial charge on any atom is -0.336 e. The molecule has 1 N–H and O–H groups in total. The highest BCUT2D eigenvalue weighted by atomic mass is 16.2. The predicted octanol–water partition coefficient (Wildman–Crippen LogP) is 2.71. The van der Waals surface area contributed by atoms with Crippen LogP contribution in [0.2, 0.25) is 0 Å². The van der Waals surface area contributed by atoms with Gasteiger partial charge in [0.25, 0.3) is 5.91 Å². The van der Waals surface area contributed by atoms with Crippen LogP contribution in [0.3, 0.4) is 0 Å². The number of nitrogens with one attached hydrogen (secondary N) is 1. The molecular formula is C16H26N2O. The minimum absolute atomic E-state index is 0.164. The summed E-state index contributed by atoms with van der Waals surface area (Å²) in [5, 5.41) is 3.25. The molecule has 1 aliphatic rings. The smallest absolute Gasteiger partial charge is 0.253 e. The molecule has 106 valence electrons. The SMILES string of the molecule is CCC.CCc1cccc(C(=O)N2CCNCC2)c1. The second-order valence-corrected chi connectivity index (χ2v) is 4.80. The van der Waals surface area contributed by atoms with Crippen LogP contribution in [-0.4, -0.2) is 37.0 Å². The van der Waals surface area contributed by atoms with Crippen LogP contribution in [-0.2, 0) is 6.42 Å². The van der Waals surface area contributed by atoms with E-state index in [0.29, 0.717) is 0 Å². The summed E-state index contributed by atoms with van der Waals surface area (Å²) < 4.78 is 0. The van der Waals surface area contributed by atoms with Crippen molar-refractivity contribution in [3.63, 3.8) is 0 Å². The maximum atomic E-state index is 12.2. The Morgan fingerprint density at radius 1 is 1.21 bits per heavy atom. The van der Waals surface area contributed by atoms with E-state index in [4.69, 9.17) is 0 Å². The number of hydrogen-bond acceptors (Lipinski definition) is 2. The molecule has 3 heteroatoms. The molecule has 0 bridgehead atoms. The summed E-state index contributed by atoms with van der Waals surface area (Å²) in [4.78, 5) is 14.1. The van der Waals surface area contributed by atoms with Crippen molar-refractivity contribution < 1.29 is 4.79 Å². The van der Waals surface area contributed by atoms with E-state index in [-0.39, 0.29) is 5.91 Å². The van der Waals surface area contributed by atoms with Crippen LogP contribution in [0.5, 0.6) is 0 Å². The normalized spacial score (nSPS) is 14.6. The topological polar surface area (TPSA) is 32.3 Å². The van der Waals surface area contributed by atoms with Crippen LogP contribution in [0.4, 0.5) is 0 Å². The van der Waals surface area contributed by atoms with E-state index in [1.54, 1.807) is 0 Å². The quantitative estimate of drug-likeness (QED) is 0.889. The molecule has 0 atom stereocenters. The third kappa shape index (κ3) is 5.03. The Morgan fingerprint density at radius 2 is 1.84 bits per heavy atom. The van der Waals surface area contributed by atoms with Gasteiger partial charge in [0.05, 0.1) is 0 Å². The van der Waals surface area contributed by atoms with Crippen molar-refractivity contribution in [1.29, 1.82) is 0 Å². The summed E-state index contributed by atoms with van der Waals surface area (Å²) in [6.07, 6.45) is 2.22. The van der Waals surface area contributed by atoms with Crippen molar-refractivity contribution in [1.82, 2.24) is 10.2 Å². The highest BCUT2D eigenvalue weighted by Gasteiger charge is 2.17. The van der Waals surface area contributed by atoms with E-state index in [9.17, 15) is 4.79 Å². The maximum Gasteiger partial charge on any atom is 0.253 e. The van der Waals surface area contributed by atoms with Crippen molar-refractivity contribution in [3.05, 3.63) is 35.4 Å². The number of carbonyl (C=O) groups excluding carboxylic acids is 1.